The number of ether oxygens (including phenoxy) is 1. The molecule has 1 aliphatic heterocycles. The smallest absolute Gasteiger partial charge is 0.312 e. The van der Waals surface area contributed by atoms with Gasteiger partial charge in [-0.2, -0.15) is 0 Å². The molecule has 5 nitrogen and oxygen atoms in total. The number of esters is 1. The van der Waals surface area contributed by atoms with Gasteiger partial charge in [0.05, 0.1) is 17.6 Å². The van der Waals surface area contributed by atoms with Crippen molar-refractivity contribution in [2.24, 2.45) is 11.3 Å². The summed E-state index contributed by atoms with van der Waals surface area (Å²) >= 11 is 0. The third kappa shape index (κ3) is 1.96. The van der Waals surface area contributed by atoms with Gasteiger partial charge in [0.15, 0.2) is 0 Å². The van der Waals surface area contributed by atoms with Crippen LogP contribution in [0.2, 0.25) is 0 Å². The van der Waals surface area contributed by atoms with Crippen molar-refractivity contribution < 1.29 is 24.9 Å². The first-order valence-corrected chi connectivity index (χ1v) is 6.14. The minimum atomic E-state index is -1.14. The number of carbonyl (C=O) groups excluding carboxylic acids is 1. The molecule has 0 bridgehead atoms. The van der Waals surface area contributed by atoms with Gasteiger partial charge in [0.25, 0.3) is 0 Å². The van der Waals surface area contributed by atoms with E-state index >= 15 is 0 Å². The molecule has 1 saturated heterocycles. The average molecular weight is 244 g/mol. The molecule has 3 N–H and O–H groups in total. The van der Waals surface area contributed by atoms with Crippen molar-refractivity contribution in [1.82, 2.24) is 0 Å². The number of aliphatic hydroxyl groups excluding tert-OH is 3. The molecule has 0 spiro atoms. The van der Waals surface area contributed by atoms with Crippen LogP contribution in [0.3, 0.4) is 0 Å². The maximum atomic E-state index is 11.8. The largest absolute Gasteiger partial charge is 0.461 e. The second-order valence-corrected chi connectivity index (χ2v) is 5.51. The first kappa shape index (κ1) is 12.8. The van der Waals surface area contributed by atoms with E-state index in [0.717, 1.165) is 0 Å². The van der Waals surface area contributed by atoms with Gasteiger partial charge in [0, 0.05) is 12.3 Å². The van der Waals surface area contributed by atoms with Gasteiger partial charge in [0.2, 0.25) is 0 Å². The van der Waals surface area contributed by atoms with Crippen molar-refractivity contribution >= 4 is 5.97 Å². The lowest BCUT2D eigenvalue weighted by Crippen LogP contribution is -2.58. The summed E-state index contributed by atoms with van der Waals surface area (Å²) in [4.78, 5) is 11.8. The second kappa shape index (κ2) is 4.23. The Kier molecular flexibility index (Phi) is 3.18. The van der Waals surface area contributed by atoms with Gasteiger partial charge in [-0.25, -0.2) is 0 Å². The van der Waals surface area contributed by atoms with Crippen molar-refractivity contribution in [3.8, 4) is 0 Å². The first-order valence-electron chi connectivity index (χ1n) is 6.14. The summed E-state index contributed by atoms with van der Waals surface area (Å²) in [5.41, 5.74) is -0.593. The molecular formula is C12H20O5. The zero-order chi connectivity index (χ0) is 12.8. The summed E-state index contributed by atoms with van der Waals surface area (Å²) in [5, 5.41) is 29.2. The van der Waals surface area contributed by atoms with Gasteiger partial charge in [-0.1, -0.05) is 6.92 Å². The highest BCUT2D eigenvalue weighted by molar-refractivity contribution is 5.77. The van der Waals surface area contributed by atoms with E-state index in [4.69, 9.17) is 4.74 Å². The Morgan fingerprint density at radius 2 is 2.00 bits per heavy atom. The summed E-state index contributed by atoms with van der Waals surface area (Å²) in [7, 11) is 0. The van der Waals surface area contributed by atoms with E-state index in [1.807, 2.05) is 13.8 Å². The number of hydrogen-bond donors (Lipinski definition) is 3. The van der Waals surface area contributed by atoms with E-state index in [0.29, 0.717) is 12.8 Å². The Morgan fingerprint density at radius 3 is 2.59 bits per heavy atom. The minimum Gasteiger partial charge on any atom is -0.461 e. The van der Waals surface area contributed by atoms with E-state index in [2.05, 4.69) is 0 Å². The highest BCUT2D eigenvalue weighted by atomic mass is 16.5. The van der Waals surface area contributed by atoms with Crippen LogP contribution in [0, 0.1) is 11.3 Å². The molecule has 98 valence electrons. The van der Waals surface area contributed by atoms with Gasteiger partial charge in [0.1, 0.15) is 12.2 Å². The normalized spacial score (nSPS) is 50.6. The molecule has 0 aromatic heterocycles. The van der Waals surface area contributed by atoms with Crippen molar-refractivity contribution in [3.05, 3.63) is 0 Å². The van der Waals surface area contributed by atoms with E-state index in [9.17, 15) is 20.1 Å². The fraction of sp³-hybridized carbons (Fsp3) is 0.917. The molecule has 0 aromatic rings. The van der Waals surface area contributed by atoms with Crippen LogP contribution in [0.5, 0.6) is 0 Å². The molecule has 2 aliphatic rings. The molecule has 5 heteroatoms. The molecule has 1 aliphatic carbocycles. The first-order chi connectivity index (χ1) is 7.89. The number of fused-ring (bicyclic) bond motifs is 1. The summed E-state index contributed by atoms with van der Waals surface area (Å²) in [6.07, 6.45) is -2.33. The molecule has 1 saturated carbocycles. The summed E-state index contributed by atoms with van der Waals surface area (Å²) in [6.45, 7) is 3.72. The molecule has 17 heavy (non-hydrogen) atoms. The van der Waals surface area contributed by atoms with Crippen LogP contribution in [0.4, 0.5) is 0 Å². The van der Waals surface area contributed by atoms with Crippen LogP contribution in [0.25, 0.3) is 0 Å². The van der Waals surface area contributed by atoms with Crippen LogP contribution >= 0.6 is 0 Å². The van der Waals surface area contributed by atoms with Gasteiger partial charge < -0.3 is 20.1 Å². The van der Waals surface area contributed by atoms with Gasteiger partial charge in [-0.3, -0.25) is 4.79 Å². The topological polar surface area (TPSA) is 87.0 Å². The molecule has 2 rings (SSSR count). The maximum Gasteiger partial charge on any atom is 0.312 e. The molecule has 0 radical (unpaired) electrons. The zero-order valence-electron chi connectivity index (χ0n) is 10.2. The number of rotatable bonds is 1. The molecule has 1 heterocycles. The lowest BCUT2D eigenvalue weighted by atomic mass is 9.68. The fourth-order valence-corrected chi connectivity index (χ4v) is 2.81. The van der Waals surface area contributed by atoms with Crippen LogP contribution < -0.4 is 0 Å². The van der Waals surface area contributed by atoms with Gasteiger partial charge >= 0.3 is 5.97 Å². The van der Waals surface area contributed by atoms with E-state index in [1.165, 1.54) is 0 Å². The molecule has 0 aromatic carbocycles. The van der Waals surface area contributed by atoms with E-state index in [1.54, 1.807) is 0 Å². The molecule has 0 amide bonds. The lowest BCUT2D eigenvalue weighted by molar-refractivity contribution is -0.209. The summed E-state index contributed by atoms with van der Waals surface area (Å²) < 4.78 is 5.32. The minimum absolute atomic E-state index is 0.203. The van der Waals surface area contributed by atoms with Gasteiger partial charge in [-0.15, -0.1) is 0 Å². The SMILES string of the molecule is CCC1(C)CC2C(CC(O)C(O)C2O)OC1=O. The average Bonchev–Trinajstić information content (AvgIpc) is 2.30. The highest BCUT2D eigenvalue weighted by Gasteiger charge is 2.52. The fourth-order valence-electron chi connectivity index (χ4n) is 2.81. The van der Waals surface area contributed by atoms with Crippen molar-refractivity contribution in [2.75, 3.05) is 0 Å². The van der Waals surface area contributed by atoms with Crippen LogP contribution in [-0.2, 0) is 9.53 Å². The Labute approximate surface area is 100 Å². The van der Waals surface area contributed by atoms with Crippen LogP contribution in [0.15, 0.2) is 0 Å². The zero-order valence-corrected chi connectivity index (χ0v) is 10.2. The number of aliphatic hydroxyl groups is 3. The quantitative estimate of drug-likeness (QED) is 0.557. The van der Waals surface area contributed by atoms with E-state index < -0.39 is 29.8 Å². The van der Waals surface area contributed by atoms with Crippen molar-refractivity contribution in [3.63, 3.8) is 0 Å². The van der Waals surface area contributed by atoms with E-state index in [-0.39, 0.29) is 18.3 Å². The van der Waals surface area contributed by atoms with Crippen LogP contribution in [-0.4, -0.2) is 45.7 Å². The molecule has 2 fully saturated rings. The molecule has 6 atom stereocenters. The second-order valence-electron chi connectivity index (χ2n) is 5.51. The maximum absolute atomic E-state index is 11.8. The highest BCUT2D eigenvalue weighted by Crippen LogP contribution is 2.44. The third-order valence-electron chi connectivity index (χ3n) is 4.35. The number of carbonyl (C=O) groups is 1. The Morgan fingerprint density at radius 1 is 1.35 bits per heavy atom. The predicted molar refractivity (Wildman–Crippen MR) is 59.0 cm³/mol. The standard InChI is InChI=1S/C12H20O5/c1-3-12(2)5-6-8(17-11(12)16)4-7(13)10(15)9(6)14/h6-10,13-15H,3-5H2,1-2H3. The molecule has 6 unspecified atom stereocenters. The predicted octanol–water partition coefficient (Wildman–Crippen LogP) is -0.179. The summed E-state index contributed by atoms with van der Waals surface area (Å²) in [6, 6.07) is 0. The Balaban J connectivity index is 2.20. The van der Waals surface area contributed by atoms with Crippen molar-refractivity contribution in [1.29, 1.82) is 0 Å². The Hall–Kier alpha value is -0.650. The summed E-state index contributed by atoms with van der Waals surface area (Å²) in [5.74, 6) is -0.548. The van der Waals surface area contributed by atoms with Crippen LogP contribution in [0.1, 0.15) is 33.1 Å². The Bertz CT molecular complexity index is 318. The molecular weight excluding hydrogens is 224 g/mol. The van der Waals surface area contributed by atoms with Crippen molar-refractivity contribution in [2.45, 2.75) is 57.5 Å². The third-order valence-corrected chi connectivity index (χ3v) is 4.35. The van der Waals surface area contributed by atoms with Gasteiger partial charge in [-0.05, 0) is 19.8 Å². The monoisotopic (exact) mass is 244 g/mol. The lowest BCUT2D eigenvalue weighted by Gasteiger charge is -2.47. The number of hydrogen-bond acceptors (Lipinski definition) is 5.